The van der Waals surface area contributed by atoms with Crippen LogP contribution in [-0.4, -0.2) is 54.0 Å². The summed E-state index contributed by atoms with van der Waals surface area (Å²) >= 11 is 0. The van der Waals surface area contributed by atoms with E-state index in [2.05, 4.69) is 20.6 Å². The number of aliphatic imine (C=N–C) groups is 1. The highest BCUT2D eigenvalue weighted by molar-refractivity contribution is 5.87. The summed E-state index contributed by atoms with van der Waals surface area (Å²) in [6.07, 6.45) is 2.58. The van der Waals surface area contributed by atoms with Gasteiger partial charge in [-0.25, -0.2) is 4.39 Å². The van der Waals surface area contributed by atoms with Crippen molar-refractivity contribution >= 4 is 22.8 Å². The van der Waals surface area contributed by atoms with Gasteiger partial charge in [-0.1, -0.05) is 0 Å². The van der Waals surface area contributed by atoms with Crippen molar-refractivity contribution in [3.8, 4) is 0 Å². The van der Waals surface area contributed by atoms with Crippen molar-refractivity contribution in [3.63, 3.8) is 0 Å². The first kappa shape index (κ1) is 20.7. The van der Waals surface area contributed by atoms with Gasteiger partial charge in [0.05, 0.1) is 6.54 Å². The Morgan fingerprint density at radius 1 is 1.33 bits per heavy atom. The van der Waals surface area contributed by atoms with Crippen LogP contribution in [-0.2, 0) is 11.2 Å². The molecule has 0 aliphatic rings. The van der Waals surface area contributed by atoms with Gasteiger partial charge in [-0.2, -0.15) is 0 Å². The molecule has 0 atom stereocenters. The Bertz CT molecular complexity index is 806. The van der Waals surface area contributed by atoms with Gasteiger partial charge in [-0.05, 0) is 57.9 Å². The number of likely N-dealkylation sites (N-methyl/N-ethyl adjacent to an activating group) is 1. The van der Waals surface area contributed by atoms with Crippen molar-refractivity contribution in [2.24, 2.45) is 4.99 Å². The lowest BCUT2D eigenvalue weighted by Gasteiger charge is -2.25. The van der Waals surface area contributed by atoms with Gasteiger partial charge in [0.2, 0.25) is 5.91 Å². The van der Waals surface area contributed by atoms with E-state index in [4.69, 9.17) is 0 Å². The van der Waals surface area contributed by atoms with E-state index in [1.807, 2.05) is 40.9 Å². The van der Waals surface area contributed by atoms with Crippen LogP contribution < -0.4 is 10.6 Å². The summed E-state index contributed by atoms with van der Waals surface area (Å²) in [5.74, 6) is 0.375. The molecule has 6 nitrogen and oxygen atoms in total. The summed E-state index contributed by atoms with van der Waals surface area (Å²) in [5.41, 5.74) is 1.67. The highest BCUT2D eigenvalue weighted by Gasteiger charge is 2.16. The Morgan fingerprint density at radius 2 is 2.07 bits per heavy atom. The Morgan fingerprint density at radius 3 is 2.74 bits per heavy atom. The van der Waals surface area contributed by atoms with E-state index in [-0.39, 0.29) is 23.8 Å². The minimum Gasteiger partial charge on any atom is -0.361 e. The minimum absolute atomic E-state index is 0.0530. The van der Waals surface area contributed by atoms with E-state index in [1.54, 1.807) is 17.0 Å². The third-order valence-electron chi connectivity index (χ3n) is 3.96. The second kappa shape index (κ2) is 8.88. The van der Waals surface area contributed by atoms with Gasteiger partial charge < -0.3 is 20.5 Å². The number of fused-ring (bicyclic) bond motifs is 1. The highest BCUT2D eigenvalue weighted by atomic mass is 19.1. The molecular formula is C20H30FN5O. The maximum Gasteiger partial charge on any atom is 0.240 e. The predicted molar refractivity (Wildman–Crippen MR) is 108 cm³/mol. The van der Waals surface area contributed by atoms with Gasteiger partial charge in [0.1, 0.15) is 5.82 Å². The fourth-order valence-electron chi connectivity index (χ4n) is 2.86. The first-order valence-corrected chi connectivity index (χ1v) is 9.25. The molecule has 1 amide bonds. The summed E-state index contributed by atoms with van der Waals surface area (Å²) in [7, 11) is 1.84. The summed E-state index contributed by atoms with van der Waals surface area (Å²) in [5, 5.41) is 7.04. The van der Waals surface area contributed by atoms with Crippen molar-refractivity contribution in [2.45, 2.75) is 39.7 Å². The van der Waals surface area contributed by atoms with Crippen LogP contribution in [0.25, 0.3) is 10.9 Å². The number of carbonyl (C=O) groups is 1. The average Bonchev–Trinajstić information content (AvgIpc) is 2.94. The molecule has 0 aliphatic heterocycles. The number of aromatic amines is 1. The number of hydrogen-bond donors (Lipinski definition) is 3. The molecule has 2 rings (SSSR count). The van der Waals surface area contributed by atoms with Gasteiger partial charge in [0, 0.05) is 42.8 Å². The normalized spacial score (nSPS) is 12.3. The zero-order valence-electron chi connectivity index (χ0n) is 16.8. The van der Waals surface area contributed by atoms with Gasteiger partial charge >= 0.3 is 0 Å². The molecule has 1 aromatic carbocycles. The second-order valence-corrected chi connectivity index (χ2v) is 7.64. The van der Waals surface area contributed by atoms with E-state index in [0.717, 1.165) is 16.5 Å². The summed E-state index contributed by atoms with van der Waals surface area (Å²) in [6.45, 7) is 9.32. The molecule has 0 fully saturated rings. The third-order valence-corrected chi connectivity index (χ3v) is 3.96. The van der Waals surface area contributed by atoms with E-state index in [1.165, 1.54) is 6.07 Å². The molecule has 1 aromatic heterocycles. The third kappa shape index (κ3) is 6.27. The number of hydrogen-bond acceptors (Lipinski definition) is 2. The van der Waals surface area contributed by atoms with Crippen molar-refractivity contribution < 1.29 is 9.18 Å². The monoisotopic (exact) mass is 375 g/mol. The molecular weight excluding hydrogens is 345 g/mol. The number of H-pyrrole nitrogens is 1. The lowest BCUT2D eigenvalue weighted by atomic mass is 10.1. The molecule has 0 saturated carbocycles. The Labute approximate surface area is 160 Å². The fraction of sp³-hybridized carbons (Fsp3) is 0.500. The summed E-state index contributed by atoms with van der Waals surface area (Å²) in [6, 6.07) is 4.73. The van der Waals surface area contributed by atoms with Crippen molar-refractivity contribution in [2.75, 3.05) is 26.7 Å². The van der Waals surface area contributed by atoms with Crippen molar-refractivity contribution in [3.05, 3.63) is 35.8 Å². The van der Waals surface area contributed by atoms with Gasteiger partial charge in [-0.15, -0.1) is 0 Å². The first-order valence-electron chi connectivity index (χ1n) is 9.25. The van der Waals surface area contributed by atoms with Crippen molar-refractivity contribution in [1.82, 2.24) is 20.5 Å². The van der Waals surface area contributed by atoms with Crippen molar-refractivity contribution in [1.29, 1.82) is 0 Å². The topological polar surface area (TPSA) is 72.5 Å². The van der Waals surface area contributed by atoms with Gasteiger partial charge in [-0.3, -0.25) is 9.79 Å². The largest absolute Gasteiger partial charge is 0.361 e. The Kier molecular flexibility index (Phi) is 6.82. The number of carbonyl (C=O) groups excluding carboxylic acids is 1. The molecule has 0 unspecified atom stereocenters. The smallest absolute Gasteiger partial charge is 0.240 e. The van der Waals surface area contributed by atoms with E-state index in [9.17, 15) is 9.18 Å². The molecule has 0 aliphatic carbocycles. The van der Waals surface area contributed by atoms with Crippen LogP contribution in [0.1, 0.15) is 33.3 Å². The van der Waals surface area contributed by atoms with Gasteiger partial charge in [0.15, 0.2) is 5.96 Å². The van der Waals surface area contributed by atoms with Crippen LogP contribution >= 0.6 is 0 Å². The number of nitrogens with one attached hydrogen (secondary N) is 3. The summed E-state index contributed by atoms with van der Waals surface area (Å²) in [4.78, 5) is 21.7. The lowest BCUT2D eigenvalue weighted by Crippen LogP contribution is -2.48. The van der Waals surface area contributed by atoms with Crippen LogP contribution in [0, 0.1) is 5.82 Å². The molecule has 1 heterocycles. The minimum atomic E-state index is -0.266. The standard InChI is InChI=1S/C20H30FN5O/c1-6-22-19(26(5)13-18(27)25-20(2,3)4)23-10-9-14-12-24-17-8-7-15(21)11-16(14)17/h7-8,11-12,24H,6,9-10,13H2,1-5H3,(H,22,23)(H,25,27). The number of rotatable bonds is 6. The average molecular weight is 375 g/mol. The zero-order chi connectivity index (χ0) is 20.0. The van der Waals surface area contributed by atoms with E-state index in [0.29, 0.717) is 25.5 Å². The number of aromatic nitrogens is 1. The highest BCUT2D eigenvalue weighted by Crippen LogP contribution is 2.19. The molecule has 7 heteroatoms. The van der Waals surface area contributed by atoms with Crippen LogP contribution in [0.4, 0.5) is 4.39 Å². The van der Waals surface area contributed by atoms with E-state index >= 15 is 0 Å². The Hall–Kier alpha value is -2.57. The second-order valence-electron chi connectivity index (χ2n) is 7.64. The molecule has 3 N–H and O–H groups in total. The number of benzene rings is 1. The van der Waals surface area contributed by atoms with Crippen LogP contribution in [0.15, 0.2) is 29.4 Å². The molecule has 27 heavy (non-hydrogen) atoms. The molecule has 0 spiro atoms. The predicted octanol–water partition coefficient (Wildman–Crippen LogP) is 2.66. The quantitative estimate of drug-likeness (QED) is 0.537. The number of nitrogens with zero attached hydrogens (tertiary/aromatic N) is 2. The fourth-order valence-corrected chi connectivity index (χ4v) is 2.86. The maximum atomic E-state index is 13.5. The lowest BCUT2D eigenvalue weighted by molar-refractivity contribution is -0.122. The summed E-state index contributed by atoms with van der Waals surface area (Å²) < 4.78 is 13.5. The molecule has 2 aromatic rings. The SMILES string of the molecule is CCNC(=NCCc1c[nH]c2ccc(F)cc12)N(C)CC(=O)NC(C)(C)C. The first-order chi connectivity index (χ1) is 12.7. The van der Waals surface area contributed by atoms with Gasteiger partial charge in [0.25, 0.3) is 0 Å². The number of guanidine groups is 1. The molecule has 0 radical (unpaired) electrons. The van der Waals surface area contributed by atoms with Crippen LogP contribution in [0.2, 0.25) is 0 Å². The number of halogens is 1. The molecule has 0 bridgehead atoms. The zero-order valence-corrected chi connectivity index (χ0v) is 16.8. The molecule has 148 valence electrons. The number of amides is 1. The van der Waals surface area contributed by atoms with Crippen LogP contribution in [0.3, 0.4) is 0 Å². The molecule has 0 saturated heterocycles. The maximum absolute atomic E-state index is 13.5. The van der Waals surface area contributed by atoms with E-state index < -0.39 is 0 Å². The van der Waals surface area contributed by atoms with Crippen LogP contribution in [0.5, 0.6) is 0 Å². The Balaban J connectivity index is 2.01.